The van der Waals surface area contributed by atoms with E-state index in [4.69, 9.17) is 11.6 Å². The second-order valence-corrected chi connectivity index (χ2v) is 4.17. The number of nitrogens with zero attached hydrogens (tertiary/aromatic N) is 2. The first-order valence-electron chi connectivity index (χ1n) is 4.72. The number of benzene rings is 1. The van der Waals surface area contributed by atoms with E-state index in [2.05, 4.69) is 12.0 Å². The topological polar surface area (TPSA) is 15.6 Å². The molecule has 0 saturated carbocycles. The molecular weight excluding hydrogens is 196 g/mol. The standard InChI is InChI=1S/C11H13ClN2/c1-8-7-14(2)13-11(8)9-3-5-10(12)6-4-9/h3-6,8H,7H2,1-2H3. The molecule has 2 rings (SSSR count). The van der Waals surface area contributed by atoms with Crippen molar-refractivity contribution in [2.75, 3.05) is 13.6 Å². The number of halogens is 1. The highest BCUT2D eigenvalue weighted by Crippen LogP contribution is 2.19. The normalized spacial score (nSPS) is 21.2. The maximum Gasteiger partial charge on any atom is 0.0723 e. The van der Waals surface area contributed by atoms with Gasteiger partial charge in [-0.3, -0.25) is 5.01 Å². The molecule has 0 aromatic heterocycles. The summed E-state index contributed by atoms with van der Waals surface area (Å²) < 4.78 is 0. The van der Waals surface area contributed by atoms with Gasteiger partial charge >= 0.3 is 0 Å². The average molecular weight is 209 g/mol. The van der Waals surface area contributed by atoms with Crippen molar-refractivity contribution >= 4 is 17.3 Å². The second-order valence-electron chi connectivity index (χ2n) is 3.73. The SMILES string of the molecule is CC1CN(C)N=C1c1ccc(Cl)cc1. The van der Waals surface area contributed by atoms with Gasteiger partial charge in [0.15, 0.2) is 0 Å². The second kappa shape index (κ2) is 3.62. The van der Waals surface area contributed by atoms with Gasteiger partial charge in [0.2, 0.25) is 0 Å². The fourth-order valence-electron chi connectivity index (χ4n) is 1.77. The first-order chi connectivity index (χ1) is 6.66. The molecule has 74 valence electrons. The summed E-state index contributed by atoms with van der Waals surface area (Å²) in [4.78, 5) is 0. The van der Waals surface area contributed by atoms with Crippen LogP contribution in [0.15, 0.2) is 29.4 Å². The fourth-order valence-corrected chi connectivity index (χ4v) is 1.89. The van der Waals surface area contributed by atoms with Crippen molar-refractivity contribution in [3.05, 3.63) is 34.9 Å². The van der Waals surface area contributed by atoms with Crippen molar-refractivity contribution in [2.45, 2.75) is 6.92 Å². The largest absolute Gasteiger partial charge is 0.299 e. The van der Waals surface area contributed by atoms with E-state index >= 15 is 0 Å². The summed E-state index contributed by atoms with van der Waals surface area (Å²) in [5.41, 5.74) is 2.33. The Kier molecular flexibility index (Phi) is 2.46. The lowest BCUT2D eigenvalue weighted by Gasteiger charge is -2.05. The predicted molar refractivity (Wildman–Crippen MR) is 59.8 cm³/mol. The van der Waals surface area contributed by atoms with Gasteiger partial charge in [0.1, 0.15) is 0 Å². The highest BCUT2D eigenvalue weighted by Gasteiger charge is 2.21. The first kappa shape index (κ1) is 9.53. The highest BCUT2D eigenvalue weighted by molar-refractivity contribution is 6.30. The van der Waals surface area contributed by atoms with Crippen molar-refractivity contribution in [1.82, 2.24) is 5.01 Å². The van der Waals surface area contributed by atoms with Gasteiger partial charge in [0, 0.05) is 24.5 Å². The zero-order valence-electron chi connectivity index (χ0n) is 8.37. The molecule has 0 amide bonds. The molecule has 1 aliphatic heterocycles. The molecule has 1 atom stereocenters. The van der Waals surface area contributed by atoms with Crippen LogP contribution in [0, 0.1) is 5.92 Å². The molecule has 0 spiro atoms. The lowest BCUT2D eigenvalue weighted by atomic mass is 10.00. The van der Waals surface area contributed by atoms with Crippen LogP contribution in [0.25, 0.3) is 0 Å². The van der Waals surface area contributed by atoms with E-state index in [1.165, 1.54) is 5.56 Å². The molecule has 3 heteroatoms. The number of hydrogen-bond acceptors (Lipinski definition) is 2. The minimum absolute atomic E-state index is 0.501. The molecule has 1 aromatic carbocycles. The van der Waals surface area contributed by atoms with Crippen molar-refractivity contribution in [3.8, 4) is 0 Å². The maximum absolute atomic E-state index is 5.83. The molecule has 0 fully saturated rings. The average Bonchev–Trinajstić information content (AvgIpc) is 2.47. The number of hydrogen-bond donors (Lipinski definition) is 0. The summed E-state index contributed by atoms with van der Waals surface area (Å²) in [6, 6.07) is 7.86. The Bertz CT molecular complexity index is 356. The monoisotopic (exact) mass is 208 g/mol. The summed E-state index contributed by atoms with van der Waals surface area (Å²) in [6.45, 7) is 3.19. The van der Waals surface area contributed by atoms with E-state index in [-0.39, 0.29) is 0 Å². The van der Waals surface area contributed by atoms with E-state index in [0.29, 0.717) is 5.92 Å². The van der Waals surface area contributed by atoms with Gasteiger partial charge in [-0.05, 0) is 17.7 Å². The van der Waals surface area contributed by atoms with E-state index in [1.807, 2.05) is 36.3 Å². The summed E-state index contributed by atoms with van der Waals surface area (Å²) in [6.07, 6.45) is 0. The minimum Gasteiger partial charge on any atom is -0.299 e. The highest BCUT2D eigenvalue weighted by atomic mass is 35.5. The van der Waals surface area contributed by atoms with Crippen LogP contribution in [0.2, 0.25) is 5.02 Å². The molecule has 1 aliphatic rings. The van der Waals surface area contributed by atoms with Gasteiger partial charge in [-0.2, -0.15) is 5.10 Å². The summed E-state index contributed by atoms with van der Waals surface area (Å²) >= 11 is 5.83. The van der Waals surface area contributed by atoms with Gasteiger partial charge in [0.25, 0.3) is 0 Å². The molecule has 0 saturated heterocycles. The van der Waals surface area contributed by atoms with E-state index in [9.17, 15) is 0 Å². The van der Waals surface area contributed by atoms with Crippen LogP contribution in [0.1, 0.15) is 12.5 Å². The minimum atomic E-state index is 0.501. The molecule has 1 heterocycles. The molecule has 0 radical (unpaired) electrons. The molecular formula is C11H13ClN2. The van der Waals surface area contributed by atoms with Crippen molar-refractivity contribution in [1.29, 1.82) is 0 Å². The van der Waals surface area contributed by atoms with Gasteiger partial charge < -0.3 is 0 Å². The molecule has 0 N–H and O–H groups in total. The molecule has 1 aromatic rings. The van der Waals surface area contributed by atoms with E-state index < -0.39 is 0 Å². The quantitative estimate of drug-likeness (QED) is 0.693. The summed E-state index contributed by atoms with van der Waals surface area (Å²) in [5.74, 6) is 0.501. The van der Waals surface area contributed by atoms with Crippen molar-refractivity contribution < 1.29 is 0 Å². The third kappa shape index (κ3) is 1.75. The fraction of sp³-hybridized carbons (Fsp3) is 0.364. The van der Waals surface area contributed by atoms with Crippen LogP contribution in [-0.2, 0) is 0 Å². The first-order valence-corrected chi connectivity index (χ1v) is 5.10. The zero-order chi connectivity index (χ0) is 10.1. The Hall–Kier alpha value is -1.02. The molecule has 0 aliphatic carbocycles. The van der Waals surface area contributed by atoms with E-state index in [0.717, 1.165) is 17.3 Å². The van der Waals surface area contributed by atoms with Crippen LogP contribution >= 0.6 is 11.6 Å². The smallest absolute Gasteiger partial charge is 0.0723 e. The number of rotatable bonds is 1. The third-order valence-electron chi connectivity index (χ3n) is 2.42. The van der Waals surface area contributed by atoms with Crippen molar-refractivity contribution in [2.24, 2.45) is 11.0 Å². The van der Waals surface area contributed by atoms with Gasteiger partial charge in [-0.1, -0.05) is 30.7 Å². The Morgan fingerprint density at radius 3 is 2.50 bits per heavy atom. The molecule has 2 nitrogen and oxygen atoms in total. The van der Waals surface area contributed by atoms with Crippen molar-refractivity contribution in [3.63, 3.8) is 0 Å². The van der Waals surface area contributed by atoms with Crippen LogP contribution in [-0.4, -0.2) is 24.3 Å². The Labute approximate surface area is 89.2 Å². The predicted octanol–water partition coefficient (Wildman–Crippen LogP) is 2.63. The Balaban J connectivity index is 2.31. The maximum atomic E-state index is 5.83. The molecule has 0 bridgehead atoms. The van der Waals surface area contributed by atoms with Crippen LogP contribution < -0.4 is 0 Å². The van der Waals surface area contributed by atoms with Gasteiger partial charge in [-0.25, -0.2) is 0 Å². The van der Waals surface area contributed by atoms with Crippen LogP contribution in [0.5, 0.6) is 0 Å². The lowest BCUT2D eigenvalue weighted by molar-refractivity contribution is 0.368. The number of hydrazone groups is 1. The summed E-state index contributed by atoms with van der Waals surface area (Å²) in [7, 11) is 2.00. The lowest BCUT2D eigenvalue weighted by Crippen LogP contribution is -2.13. The Morgan fingerprint density at radius 2 is 2.00 bits per heavy atom. The summed E-state index contributed by atoms with van der Waals surface area (Å²) in [5, 5.41) is 7.23. The van der Waals surface area contributed by atoms with E-state index in [1.54, 1.807) is 0 Å². The molecule has 14 heavy (non-hydrogen) atoms. The van der Waals surface area contributed by atoms with Gasteiger partial charge in [-0.15, -0.1) is 0 Å². The third-order valence-corrected chi connectivity index (χ3v) is 2.68. The Morgan fingerprint density at radius 1 is 1.36 bits per heavy atom. The van der Waals surface area contributed by atoms with Gasteiger partial charge in [0.05, 0.1) is 5.71 Å². The zero-order valence-corrected chi connectivity index (χ0v) is 9.12. The van der Waals surface area contributed by atoms with Crippen LogP contribution in [0.4, 0.5) is 0 Å². The molecule has 1 unspecified atom stereocenters. The van der Waals surface area contributed by atoms with Crippen LogP contribution in [0.3, 0.4) is 0 Å².